The number of carbonyl (C=O) groups excluding carboxylic acids is 1. The molecule has 6 heteroatoms. The van der Waals surface area contributed by atoms with E-state index in [1.165, 1.54) is 11.3 Å². The highest BCUT2D eigenvalue weighted by molar-refractivity contribution is 7.10. The van der Waals surface area contributed by atoms with Crippen molar-refractivity contribution >= 4 is 23.1 Å². The number of nitrogens with zero attached hydrogens (tertiary/aromatic N) is 2. The number of anilines is 1. The molecule has 18 heavy (non-hydrogen) atoms. The van der Waals surface area contributed by atoms with Gasteiger partial charge < -0.3 is 10.6 Å². The van der Waals surface area contributed by atoms with Crippen molar-refractivity contribution in [3.8, 4) is 6.07 Å². The van der Waals surface area contributed by atoms with Crippen LogP contribution in [-0.2, 0) is 0 Å². The summed E-state index contributed by atoms with van der Waals surface area (Å²) in [6, 6.07) is 7.27. The van der Waals surface area contributed by atoms with E-state index in [1.54, 1.807) is 29.8 Å². The molecule has 1 atom stereocenters. The minimum absolute atomic E-state index is 0.159. The summed E-state index contributed by atoms with van der Waals surface area (Å²) in [4.78, 5) is 16.9. The summed E-state index contributed by atoms with van der Waals surface area (Å²) in [6.07, 6.45) is 1.31. The van der Waals surface area contributed by atoms with Gasteiger partial charge in [-0.2, -0.15) is 5.26 Å². The fourth-order valence-corrected chi connectivity index (χ4v) is 2.62. The van der Waals surface area contributed by atoms with Crippen molar-refractivity contribution in [1.82, 2.24) is 10.3 Å². The van der Waals surface area contributed by atoms with Gasteiger partial charge in [-0.1, -0.05) is 0 Å². The quantitative estimate of drug-likeness (QED) is 0.816. The lowest BCUT2D eigenvalue weighted by Crippen LogP contribution is -2.38. The fraction of sp³-hybridized carbons (Fsp3) is 0.0833. The number of nitrogens with one attached hydrogen (secondary N) is 2. The standard InChI is InChI=1S/C12H8N4OS/c13-5-7-4-9(18-6-7)11-15-10-8(12(17)16-11)2-1-3-14-10/h1-4,6,11H,(H,14,15)(H,16,17)/t11-/m1/s1. The molecule has 1 aliphatic rings. The summed E-state index contributed by atoms with van der Waals surface area (Å²) in [5, 5.41) is 16.5. The summed E-state index contributed by atoms with van der Waals surface area (Å²) >= 11 is 1.43. The Bertz CT molecular complexity index is 658. The molecule has 3 heterocycles. The molecule has 0 radical (unpaired) electrons. The Morgan fingerprint density at radius 2 is 2.33 bits per heavy atom. The number of amides is 1. The molecule has 0 aromatic carbocycles. The van der Waals surface area contributed by atoms with Gasteiger partial charge in [-0.05, 0) is 18.2 Å². The monoisotopic (exact) mass is 256 g/mol. The van der Waals surface area contributed by atoms with Crippen molar-refractivity contribution in [2.45, 2.75) is 6.17 Å². The second kappa shape index (κ2) is 4.13. The highest BCUT2D eigenvalue weighted by Gasteiger charge is 2.26. The lowest BCUT2D eigenvalue weighted by Gasteiger charge is -2.25. The van der Waals surface area contributed by atoms with E-state index in [1.807, 2.05) is 0 Å². The predicted molar refractivity (Wildman–Crippen MR) is 67.1 cm³/mol. The smallest absolute Gasteiger partial charge is 0.256 e. The highest BCUT2D eigenvalue weighted by atomic mass is 32.1. The van der Waals surface area contributed by atoms with Gasteiger partial charge in [-0.15, -0.1) is 11.3 Å². The third kappa shape index (κ3) is 1.71. The Morgan fingerprint density at radius 3 is 3.11 bits per heavy atom. The molecular formula is C12H8N4OS. The number of pyridine rings is 1. The number of carbonyl (C=O) groups is 1. The summed E-state index contributed by atoms with van der Waals surface area (Å²) in [5.74, 6) is 0.409. The molecule has 0 fully saturated rings. The summed E-state index contributed by atoms with van der Waals surface area (Å²) in [5.41, 5.74) is 1.13. The minimum atomic E-state index is -0.327. The molecule has 2 aromatic heterocycles. The predicted octanol–water partition coefficient (Wildman–Crippen LogP) is 1.87. The lowest BCUT2D eigenvalue weighted by molar-refractivity contribution is 0.0935. The van der Waals surface area contributed by atoms with Crippen LogP contribution in [0.1, 0.15) is 27.0 Å². The first-order valence-electron chi connectivity index (χ1n) is 5.29. The Labute approximate surface area is 107 Å². The molecule has 5 nitrogen and oxygen atoms in total. The summed E-state index contributed by atoms with van der Waals surface area (Å²) < 4.78 is 0. The second-order valence-electron chi connectivity index (χ2n) is 3.80. The molecular weight excluding hydrogens is 248 g/mol. The Balaban J connectivity index is 1.95. The van der Waals surface area contributed by atoms with Crippen molar-refractivity contribution in [1.29, 1.82) is 5.26 Å². The molecule has 0 bridgehead atoms. The van der Waals surface area contributed by atoms with Gasteiger partial charge in [0, 0.05) is 16.5 Å². The van der Waals surface area contributed by atoms with Crippen LogP contribution in [0, 0.1) is 11.3 Å². The Kier molecular flexibility index (Phi) is 2.46. The van der Waals surface area contributed by atoms with Gasteiger partial charge in [-0.25, -0.2) is 4.98 Å². The van der Waals surface area contributed by atoms with E-state index in [0.717, 1.165) is 4.88 Å². The zero-order valence-corrected chi connectivity index (χ0v) is 9.99. The first-order valence-corrected chi connectivity index (χ1v) is 6.17. The van der Waals surface area contributed by atoms with E-state index >= 15 is 0 Å². The number of hydrogen-bond acceptors (Lipinski definition) is 5. The largest absolute Gasteiger partial charge is 0.345 e. The SMILES string of the molecule is N#Cc1csc([C@H]2NC(=O)c3cccnc3N2)c1. The average molecular weight is 256 g/mol. The molecule has 3 rings (SSSR count). The maximum atomic E-state index is 11.9. The second-order valence-corrected chi connectivity index (χ2v) is 4.74. The van der Waals surface area contributed by atoms with Crippen molar-refractivity contribution < 1.29 is 4.79 Å². The van der Waals surface area contributed by atoms with Crippen LogP contribution in [0.3, 0.4) is 0 Å². The molecule has 0 saturated heterocycles. The molecule has 1 aliphatic heterocycles. The Hall–Kier alpha value is -2.39. The van der Waals surface area contributed by atoms with Crippen LogP contribution in [0.5, 0.6) is 0 Å². The van der Waals surface area contributed by atoms with Crippen LogP contribution in [0.2, 0.25) is 0 Å². The van der Waals surface area contributed by atoms with Crippen molar-refractivity contribution in [2.75, 3.05) is 5.32 Å². The highest BCUT2D eigenvalue weighted by Crippen LogP contribution is 2.27. The number of aromatic nitrogens is 1. The number of nitriles is 1. The first-order chi connectivity index (χ1) is 8.78. The van der Waals surface area contributed by atoms with E-state index in [4.69, 9.17) is 5.26 Å². The first kappa shape index (κ1) is 10.7. The van der Waals surface area contributed by atoms with Crippen LogP contribution in [0.25, 0.3) is 0 Å². The van der Waals surface area contributed by atoms with E-state index in [9.17, 15) is 4.79 Å². The van der Waals surface area contributed by atoms with E-state index in [0.29, 0.717) is 16.9 Å². The van der Waals surface area contributed by atoms with Gasteiger partial charge in [0.15, 0.2) is 0 Å². The average Bonchev–Trinajstić information content (AvgIpc) is 2.87. The third-order valence-corrected chi connectivity index (χ3v) is 3.64. The van der Waals surface area contributed by atoms with Gasteiger partial charge in [-0.3, -0.25) is 4.79 Å². The number of hydrogen-bond donors (Lipinski definition) is 2. The maximum absolute atomic E-state index is 11.9. The molecule has 88 valence electrons. The van der Waals surface area contributed by atoms with Crippen LogP contribution in [0.15, 0.2) is 29.8 Å². The van der Waals surface area contributed by atoms with Crippen molar-refractivity contribution in [2.24, 2.45) is 0 Å². The normalized spacial score (nSPS) is 17.3. The third-order valence-electron chi connectivity index (χ3n) is 2.64. The van der Waals surface area contributed by atoms with Crippen LogP contribution in [-0.4, -0.2) is 10.9 Å². The number of fused-ring (bicyclic) bond motifs is 1. The zero-order chi connectivity index (χ0) is 12.5. The zero-order valence-electron chi connectivity index (χ0n) is 9.18. The molecule has 1 amide bonds. The molecule has 0 unspecified atom stereocenters. The van der Waals surface area contributed by atoms with Crippen molar-refractivity contribution in [3.05, 3.63) is 45.8 Å². The van der Waals surface area contributed by atoms with Crippen LogP contribution < -0.4 is 10.6 Å². The summed E-state index contributed by atoms with van der Waals surface area (Å²) in [6.45, 7) is 0. The molecule has 0 aliphatic carbocycles. The lowest BCUT2D eigenvalue weighted by atomic mass is 10.1. The van der Waals surface area contributed by atoms with Gasteiger partial charge >= 0.3 is 0 Å². The van der Waals surface area contributed by atoms with Gasteiger partial charge in [0.2, 0.25) is 0 Å². The number of thiophene rings is 1. The topological polar surface area (TPSA) is 77.8 Å². The molecule has 0 spiro atoms. The van der Waals surface area contributed by atoms with Crippen LogP contribution >= 0.6 is 11.3 Å². The van der Waals surface area contributed by atoms with E-state index in [2.05, 4.69) is 21.7 Å². The fourth-order valence-electron chi connectivity index (χ4n) is 1.79. The molecule has 2 aromatic rings. The van der Waals surface area contributed by atoms with Crippen LogP contribution in [0.4, 0.5) is 5.82 Å². The minimum Gasteiger partial charge on any atom is -0.345 e. The Morgan fingerprint density at radius 1 is 1.44 bits per heavy atom. The van der Waals surface area contributed by atoms with Gasteiger partial charge in [0.1, 0.15) is 18.1 Å². The van der Waals surface area contributed by atoms with E-state index < -0.39 is 0 Å². The number of rotatable bonds is 1. The van der Waals surface area contributed by atoms with Gasteiger partial charge in [0.25, 0.3) is 5.91 Å². The van der Waals surface area contributed by atoms with Crippen molar-refractivity contribution in [3.63, 3.8) is 0 Å². The summed E-state index contributed by atoms with van der Waals surface area (Å²) in [7, 11) is 0. The molecule has 2 N–H and O–H groups in total. The molecule has 0 saturated carbocycles. The maximum Gasteiger partial charge on any atom is 0.256 e. The van der Waals surface area contributed by atoms with Gasteiger partial charge in [0.05, 0.1) is 11.1 Å². The van der Waals surface area contributed by atoms with E-state index in [-0.39, 0.29) is 12.1 Å².